The fourth-order valence-corrected chi connectivity index (χ4v) is 2.77. The van der Waals surface area contributed by atoms with Crippen molar-refractivity contribution in [3.8, 4) is 17.2 Å². The predicted octanol–water partition coefficient (Wildman–Crippen LogP) is 3.76. The summed E-state index contributed by atoms with van der Waals surface area (Å²) in [7, 11) is 1.60. The third-order valence-corrected chi connectivity index (χ3v) is 4.18. The molecule has 1 amide bonds. The number of rotatable bonds is 12. The zero-order chi connectivity index (χ0) is 21.9. The highest BCUT2D eigenvalue weighted by Gasteiger charge is 2.19. The second-order valence-electron chi connectivity index (χ2n) is 6.90. The van der Waals surface area contributed by atoms with Crippen LogP contribution in [0.5, 0.6) is 17.2 Å². The number of ether oxygens (including phenoxy) is 4. The summed E-state index contributed by atoms with van der Waals surface area (Å²) < 4.78 is 35.1. The molecule has 0 aromatic heterocycles. The normalized spacial score (nSPS) is 11.8. The van der Waals surface area contributed by atoms with Gasteiger partial charge in [-0.3, -0.25) is 4.79 Å². The van der Waals surface area contributed by atoms with Crippen LogP contribution in [0.2, 0.25) is 0 Å². The van der Waals surface area contributed by atoms with E-state index in [-0.39, 0.29) is 24.4 Å². The average molecular weight is 419 g/mol. The molecule has 0 aliphatic rings. The highest BCUT2D eigenvalue weighted by molar-refractivity contribution is 5.81. The average Bonchev–Trinajstić information content (AvgIpc) is 2.72. The maximum atomic E-state index is 13.0. The predicted molar refractivity (Wildman–Crippen MR) is 113 cm³/mol. The van der Waals surface area contributed by atoms with Gasteiger partial charge in [-0.05, 0) is 69.2 Å². The van der Waals surface area contributed by atoms with Crippen LogP contribution in [0.4, 0.5) is 4.39 Å². The number of hydrogen-bond acceptors (Lipinski definition) is 5. The summed E-state index contributed by atoms with van der Waals surface area (Å²) in [6, 6.07) is 11.3. The van der Waals surface area contributed by atoms with Crippen molar-refractivity contribution in [2.45, 2.75) is 39.4 Å². The lowest BCUT2D eigenvalue weighted by molar-refractivity contribution is -0.134. The molecule has 2 aromatic carbocycles. The molecule has 1 N–H and O–H groups in total. The van der Waals surface area contributed by atoms with E-state index in [0.29, 0.717) is 36.8 Å². The van der Waals surface area contributed by atoms with Gasteiger partial charge >= 0.3 is 0 Å². The number of halogens is 1. The van der Waals surface area contributed by atoms with Gasteiger partial charge in [0.15, 0.2) is 17.6 Å². The summed E-state index contributed by atoms with van der Waals surface area (Å²) in [6.45, 7) is 6.58. The Hall–Kier alpha value is -2.80. The molecule has 164 valence electrons. The van der Waals surface area contributed by atoms with Crippen molar-refractivity contribution in [3.63, 3.8) is 0 Å². The Morgan fingerprint density at radius 1 is 1.10 bits per heavy atom. The van der Waals surface area contributed by atoms with Gasteiger partial charge in [0, 0.05) is 13.2 Å². The van der Waals surface area contributed by atoms with Crippen molar-refractivity contribution in [1.29, 1.82) is 0 Å². The van der Waals surface area contributed by atoms with E-state index in [1.807, 2.05) is 39.0 Å². The Labute approximate surface area is 177 Å². The molecule has 2 rings (SSSR count). The van der Waals surface area contributed by atoms with Crippen LogP contribution < -0.4 is 19.5 Å². The quantitative estimate of drug-likeness (QED) is 0.567. The Balaban J connectivity index is 1.86. The molecule has 0 aliphatic heterocycles. The van der Waals surface area contributed by atoms with Crippen LogP contribution in [-0.2, 0) is 16.0 Å². The van der Waals surface area contributed by atoms with E-state index in [0.717, 1.165) is 5.56 Å². The highest BCUT2D eigenvalue weighted by Crippen LogP contribution is 2.29. The first kappa shape index (κ1) is 23.5. The largest absolute Gasteiger partial charge is 0.493 e. The van der Waals surface area contributed by atoms with Crippen LogP contribution in [0.15, 0.2) is 42.5 Å². The molecule has 0 fully saturated rings. The Morgan fingerprint density at radius 3 is 2.47 bits per heavy atom. The molecule has 0 bridgehead atoms. The topological polar surface area (TPSA) is 66.0 Å². The van der Waals surface area contributed by atoms with Crippen molar-refractivity contribution >= 4 is 5.91 Å². The van der Waals surface area contributed by atoms with Crippen molar-refractivity contribution in [2.75, 3.05) is 26.9 Å². The molecule has 0 radical (unpaired) electrons. The van der Waals surface area contributed by atoms with Crippen molar-refractivity contribution in [1.82, 2.24) is 5.32 Å². The molecule has 30 heavy (non-hydrogen) atoms. The summed E-state index contributed by atoms with van der Waals surface area (Å²) in [6.07, 6.45) is -0.0741. The Kier molecular flexibility index (Phi) is 9.41. The van der Waals surface area contributed by atoms with Crippen molar-refractivity contribution in [3.05, 3.63) is 53.8 Å². The number of benzene rings is 2. The molecule has 7 heteroatoms. The maximum absolute atomic E-state index is 13.0. The zero-order valence-electron chi connectivity index (χ0n) is 17.9. The van der Waals surface area contributed by atoms with E-state index in [2.05, 4.69) is 5.32 Å². The summed E-state index contributed by atoms with van der Waals surface area (Å²) in [5.74, 6) is 1.22. The van der Waals surface area contributed by atoms with Crippen LogP contribution in [0.3, 0.4) is 0 Å². The van der Waals surface area contributed by atoms with Gasteiger partial charge in [-0.2, -0.15) is 0 Å². The molecular formula is C23H30FNO5. The number of carbonyl (C=O) groups is 1. The molecule has 0 aliphatic carbocycles. The lowest BCUT2D eigenvalue weighted by Gasteiger charge is -2.18. The Morgan fingerprint density at radius 2 is 1.83 bits per heavy atom. The van der Waals surface area contributed by atoms with Gasteiger partial charge in [0.1, 0.15) is 18.2 Å². The lowest BCUT2D eigenvalue weighted by atomic mass is 10.1. The maximum Gasteiger partial charge on any atom is 0.252 e. The van der Waals surface area contributed by atoms with Gasteiger partial charge in [-0.1, -0.05) is 6.07 Å². The van der Waals surface area contributed by atoms with Gasteiger partial charge in [-0.15, -0.1) is 0 Å². The summed E-state index contributed by atoms with van der Waals surface area (Å²) in [4.78, 5) is 12.5. The number of carbonyl (C=O) groups excluding carboxylic acids is 1. The molecule has 6 nitrogen and oxygen atoms in total. The fourth-order valence-electron chi connectivity index (χ4n) is 2.77. The highest BCUT2D eigenvalue weighted by atomic mass is 19.1. The van der Waals surface area contributed by atoms with Gasteiger partial charge < -0.3 is 24.3 Å². The zero-order valence-corrected chi connectivity index (χ0v) is 17.9. The fraction of sp³-hybridized carbons (Fsp3) is 0.435. The standard InChI is InChI=1S/C23H30FNO5/c1-5-28-22(15-29-19-9-7-18(24)8-10-19)23(26)25-13-12-17-6-11-20(30-16(2)3)21(14-17)27-4/h6-11,14,16,22H,5,12-13,15H2,1-4H3,(H,25,26). The first-order chi connectivity index (χ1) is 14.4. The molecule has 0 saturated heterocycles. The molecule has 1 atom stereocenters. The van der Waals surface area contributed by atoms with Gasteiger partial charge in [0.2, 0.25) is 0 Å². The van der Waals surface area contributed by atoms with Crippen molar-refractivity contribution in [2.24, 2.45) is 0 Å². The SMILES string of the molecule is CCOC(COc1ccc(F)cc1)C(=O)NCCc1ccc(OC(C)C)c(OC)c1. The molecule has 2 aromatic rings. The Bertz CT molecular complexity index is 795. The molecular weight excluding hydrogens is 389 g/mol. The first-order valence-electron chi connectivity index (χ1n) is 10.0. The molecule has 0 spiro atoms. The van der Waals surface area contributed by atoms with E-state index in [1.165, 1.54) is 24.3 Å². The van der Waals surface area contributed by atoms with E-state index >= 15 is 0 Å². The van der Waals surface area contributed by atoms with Crippen LogP contribution in [0, 0.1) is 5.82 Å². The minimum Gasteiger partial charge on any atom is -0.493 e. The number of hydrogen-bond donors (Lipinski definition) is 1. The van der Waals surface area contributed by atoms with Gasteiger partial charge in [-0.25, -0.2) is 4.39 Å². The second-order valence-corrected chi connectivity index (χ2v) is 6.90. The number of amides is 1. The first-order valence-corrected chi connectivity index (χ1v) is 10.0. The van der Waals surface area contributed by atoms with E-state index in [4.69, 9.17) is 18.9 Å². The van der Waals surface area contributed by atoms with Crippen LogP contribution in [-0.4, -0.2) is 45.0 Å². The van der Waals surface area contributed by atoms with Crippen LogP contribution in [0.25, 0.3) is 0 Å². The van der Waals surface area contributed by atoms with Gasteiger partial charge in [0.05, 0.1) is 13.2 Å². The monoisotopic (exact) mass is 419 g/mol. The molecule has 0 saturated carbocycles. The van der Waals surface area contributed by atoms with Crippen LogP contribution >= 0.6 is 0 Å². The third kappa shape index (κ3) is 7.55. The second kappa shape index (κ2) is 12.0. The van der Waals surface area contributed by atoms with Gasteiger partial charge in [0.25, 0.3) is 5.91 Å². The molecule has 1 unspecified atom stereocenters. The summed E-state index contributed by atoms with van der Waals surface area (Å²) in [5.41, 5.74) is 1.01. The number of nitrogens with one attached hydrogen (secondary N) is 1. The van der Waals surface area contributed by atoms with E-state index in [1.54, 1.807) is 7.11 Å². The van der Waals surface area contributed by atoms with E-state index < -0.39 is 6.10 Å². The van der Waals surface area contributed by atoms with Crippen molar-refractivity contribution < 1.29 is 28.1 Å². The molecule has 0 heterocycles. The summed E-state index contributed by atoms with van der Waals surface area (Å²) >= 11 is 0. The number of methoxy groups -OCH3 is 1. The minimum absolute atomic E-state index is 0.0420. The van der Waals surface area contributed by atoms with E-state index in [9.17, 15) is 9.18 Å². The third-order valence-electron chi connectivity index (χ3n) is 4.18. The van der Waals surface area contributed by atoms with Crippen LogP contribution in [0.1, 0.15) is 26.3 Å². The minimum atomic E-state index is -0.753. The lowest BCUT2D eigenvalue weighted by Crippen LogP contribution is -2.41. The summed E-state index contributed by atoms with van der Waals surface area (Å²) in [5, 5.41) is 2.87. The smallest absolute Gasteiger partial charge is 0.252 e.